The van der Waals surface area contributed by atoms with Crippen molar-refractivity contribution < 1.29 is 4.79 Å². The lowest BCUT2D eigenvalue weighted by molar-refractivity contribution is -0.123. The highest BCUT2D eigenvalue weighted by atomic mass is 16.1. The van der Waals surface area contributed by atoms with Crippen LogP contribution in [0.1, 0.15) is 39.5 Å². The number of carbonyl (C=O) groups excluding carboxylic acids is 1. The molecule has 0 saturated carbocycles. The Morgan fingerprint density at radius 1 is 1.50 bits per heavy atom. The van der Waals surface area contributed by atoms with Crippen molar-refractivity contribution in [3.05, 3.63) is 0 Å². The lowest BCUT2D eigenvalue weighted by Gasteiger charge is -2.21. The van der Waals surface area contributed by atoms with Crippen molar-refractivity contribution in [3.63, 3.8) is 0 Å². The van der Waals surface area contributed by atoms with E-state index >= 15 is 0 Å². The number of Topliss-reactive ketones (excluding diaryl/α,β-unsaturated/α-hetero) is 1. The van der Waals surface area contributed by atoms with Crippen LogP contribution in [-0.4, -0.2) is 23.9 Å². The first-order valence-corrected chi connectivity index (χ1v) is 4.63. The largest absolute Gasteiger partial charge is 0.298 e. The normalized spacial score (nSPS) is 13.4. The fraction of sp³-hybridized carbons (Fsp3) is 0.889. The molecule has 12 heavy (non-hydrogen) atoms. The van der Waals surface area contributed by atoms with Crippen LogP contribution >= 0.6 is 0 Å². The number of hydrogen-bond acceptors (Lipinski definition) is 3. The second kappa shape index (κ2) is 6.14. The summed E-state index contributed by atoms with van der Waals surface area (Å²) in [6.07, 6.45) is 3.64. The van der Waals surface area contributed by atoms with Gasteiger partial charge in [0, 0.05) is 13.5 Å². The van der Waals surface area contributed by atoms with E-state index in [4.69, 9.17) is 5.84 Å². The average Bonchev–Trinajstić information content (AvgIpc) is 2.04. The SMILES string of the molecule is CCCCC(C(=O)CC)N(C)N. The maximum atomic E-state index is 11.3. The number of ketones is 1. The predicted octanol–water partition coefficient (Wildman–Crippen LogP) is 1.33. The Kier molecular flexibility index (Phi) is 5.93. The maximum absolute atomic E-state index is 11.3. The number of carbonyl (C=O) groups is 1. The number of hydrazine groups is 1. The van der Waals surface area contributed by atoms with E-state index in [2.05, 4.69) is 6.92 Å². The molecule has 0 rings (SSSR count). The van der Waals surface area contributed by atoms with Gasteiger partial charge in [0.15, 0.2) is 5.78 Å². The zero-order valence-corrected chi connectivity index (χ0v) is 8.34. The van der Waals surface area contributed by atoms with Gasteiger partial charge in [-0.2, -0.15) is 0 Å². The molecule has 0 saturated heterocycles. The van der Waals surface area contributed by atoms with Crippen LogP contribution in [0.2, 0.25) is 0 Å². The Labute approximate surface area is 74.9 Å². The third-order valence-electron chi connectivity index (χ3n) is 2.04. The van der Waals surface area contributed by atoms with E-state index < -0.39 is 0 Å². The van der Waals surface area contributed by atoms with Gasteiger partial charge in [0.1, 0.15) is 0 Å². The molecule has 0 spiro atoms. The summed E-state index contributed by atoms with van der Waals surface area (Å²) in [4.78, 5) is 11.3. The molecule has 3 heteroatoms. The maximum Gasteiger partial charge on any atom is 0.151 e. The molecule has 0 aromatic carbocycles. The van der Waals surface area contributed by atoms with Crippen molar-refractivity contribution in [1.29, 1.82) is 0 Å². The smallest absolute Gasteiger partial charge is 0.151 e. The minimum Gasteiger partial charge on any atom is -0.298 e. The molecule has 0 bridgehead atoms. The molecule has 0 aliphatic carbocycles. The summed E-state index contributed by atoms with van der Waals surface area (Å²) in [5.74, 6) is 5.81. The van der Waals surface area contributed by atoms with Crippen LogP contribution in [0.5, 0.6) is 0 Å². The number of hydrogen-bond donors (Lipinski definition) is 1. The number of rotatable bonds is 6. The quantitative estimate of drug-likeness (QED) is 0.485. The fourth-order valence-corrected chi connectivity index (χ4v) is 1.22. The first-order valence-electron chi connectivity index (χ1n) is 4.63. The Morgan fingerprint density at radius 2 is 2.08 bits per heavy atom. The first-order chi connectivity index (χ1) is 5.63. The van der Waals surface area contributed by atoms with Gasteiger partial charge in [-0.05, 0) is 6.42 Å². The van der Waals surface area contributed by atoms with Crippen molar-refractivity contribution in [2.75, 3.05) is 7.05 Å². The molecule has 0 aliphatic rings. The van der Waals surface area contributed by atoms with Crippen LogP contribution < -0.4 is 5.84 Å². The van der Waals surface area contributed by atoms with Gasteiger partial charge in [0.05, 0.1) is 6.04 Å². The van der Waals surface area contributed by atoms with Crippen molar-refractivity contribution in [3.8, 4) is 0 Å². The van der Waals surface area contributed by atoms with Gasteiger partial charge < -0.3 is 0 Å². The highest BCUT2D eigenvalue weighted by molar-refractivity contribution is 5.83. The fourth-order valence-electron chi connectivity index (χ4n) is 1.22. The van der Waals surface area contributed by atoms with Crippen molar-refractivity contribution in [2.45, 2.75) is 45.6 Å². The second-order valence-electron chi connectivity index (χ2n) is 3.14. The molecule has 2 N–H and O–H groups in total. The minimum atomic E-state index is -0.0741. The molecule has 0 fully saturated rings. The van der Waals surface area contributed by atoms with Crippen LogP contribution in [0.25, 0.3) is 0 Å². The highest BCUT2D eigenvalue weighted by Crippen LogP contribution is 2.07. The Balaban J connectivity index is 3.95. The number of likely N-dealkylation sites (N-methyl/N-ethyl adjacent to an activating group) is 1. The average molecular weight is 172 g/mol. The Hall–Kier alpha value is -0.410. The van der Waals surface area contributed by atoms with E-state index in [0.29, 0.717) is 6.42 Å². The van der Waals surface area contributed by atoms with E-state index in [1.165, 1.54) is 5.01 Å². The van der Waals surface area contributed by atoms with Crippen LogP contribution in [0.3, 0.4) is 0 Å². The topological polar surface area (TPSA) is 46.3 Å². The lowest BCUT2D eigenvalue weighted by Crippen LogP contribution is -2.42. The number of nitrogens with two attached hydrogens (primary N) is 1. The third kappa shape index (κ3) is 3.83. The van der Waals surface area contributed by atoms with Gasteiger partial charge in [-0.25, -0.2) is 5.01 Å². The Bertz CT molecular complexity index is 134. The van der Waals surface area contributed by atoms with Crippen LogP contribution in [0, 0.1) is 0 Å². The van der Waals surface area contributed by atoms with E-state index in [0.717, 1.165) is 19.3 Å². The molecular formula is C9H20N2O. The summed E-state index contributed by atoms with van der Waals surface area (Å²) >= 11 is 0. The predicted molar refractivity (Wildman–Crippen MR) is 50.6 cm³/mol. The molecule has 0 aliphatic heterocycles. The summed E-state index contributed by atoms with van der Waals surface area (Å²) in [5, 5.41) is 1.53. The second-order valence-corrected chi connectivity index (χ2v) is 3.14. The van der Waals surface area contributed by atoms with E-state index in [1.54, 1.807) is 7.05 Å². The van der Waals surface area contributed by atoms with Crippen LogP contribution in [-0.2, 0) is 4.79 Å². The summed E-state index contributed by atoms with van der Waals surface area (Å²) in [5.41, 5.74) is 0. The summed E-state index contributed by atoms with van der Waals surface area (Å²) < 4.78 is 0. The Morgan fingerprint density at radius 3 is 2.42 bits per heavy atom. The molecule has 0 amide bonds. The third-order valence-corrected chi connectivity index (χ3v) is 2.04. The van der Waals surface area contributed by atoms with Gasteiger partial charge in [-0.1, -0.05) is 26.7 Å². The van der Waals surface area contributed by atoms with E-state index in [1.807, 2.05) is 6.92 Å². The molecule has 0 heterocycles. The van der Waals surface area contributed by atoms with Gasteiger partial charge >= 0.3 is 0 Å². The van der Waals surface area contributed by atoms with Gasteiger partial charge in [-0.15, -0.1) is 0 Å². The zero-order valence-electron chi connectivity index (χ0n) is 8.34. The van der Waals surface area contributed by atoms with Crippen molar-refractivity contribution in [2.24, 2.45) is 5.84 Å². The summed E-state index contributed by atoms with van der Waals surface area (Å²) in [7, 11) is 1.76. The molecule has 0 aromatic heterocycles. The molecule has 72 valence electrons. The number of nitrogens with zero attached hydrogens (tertiary/aromatic N) is 1. The van der Waals surface area contributed by atoms with Gasteiger partial charge in [0.2, 0.25) is 0 Å². The monoisotopic (exact) mass is 172 g/mol. The summed E-state index contributed by atoms with van der Waals surface area (Å²) in [6.45, 7) is 3.99. The zero-order chi connectivity index (χ0) is 9.56. The molecule has 1 atom stereocenters. The number of unbranched alkanes of at least 4 members (excludes halogenated alkanes) is 1. The minimum absolute atomic E-state index is 0.0741. The lowest BCUT2D eigenvalue weighted by atomic mass is 10.0. The highest BCUT2D eigenvalue weighted by Gasteiger charge is 2.18. The van der Waals surface area contributed by atoms with Crippen LogP contribution in [0.15, 0.2) is 0 Å². The molecule has 1 unspecified atom stereocenters. The first kappa shape index (κ1) is 11.6. The standard InChI is InChI=1S/C9H20N2O/c1-4-6-7-8(11(3)10)9(12)5-2/h8H,4-7,10H2,1-3H3. The van der Waals surface area contributed by atoms with Crippen molar-refractivity contribution >= 4 is 5.78 Å². The van der Waals surface area contributed by atoms with Crippen molar-refractivity contribution in [1.82, 2.24) is 5.01 Å². The molecule has 0 radical (unpaired) electrons. The molecule has 3 nitrogen and oxygen atoms in total. The van der Waals surface area contributed by atoms with Gasteiger partial charge in [0.25, 0.3) is 0 Å². The van der Waals surface area contributed by atoms with E-state index in [-0.39, 0.29) is 11.8 Å². The molecule has 0 aromatic rings. The molecular weight excluding hydrogens is 152 g/mol. The van der Waals surface area contributed by atoms with Crippen LogP contribution in [0.4, 0.5) is 0 Å². The van der Waals surface area contributed by atoms with Gasteiger partial charge in [-0.3, -0.25) is 10.6 Å². The summed E-state index contributed by atoms with van der Waals surface area (Å²) in [6, 6.07) is -0.0741. The van der Waals surface area contributed by atoms with E-state index in [9.17, 15) is 4.79 Å².